The molecule has 0 radical (unpaired) electrons. The molecule has 0 saturated carbocycles. The van der Waals surface area contributed by atoms with Gasteiger partial charge in [-0.05, 0) is 144 Å². The fourth-order valence-corrected chi connectivity index (χ4v) is 10.7. The van der Waals surface area contributed by atoms with Crippen LogP contribution < -0.4 is 47.4 Å². The van der Waals surface area contributed by atoms with Gasteiger partial charge in [-0.1, -0.05) is 217 Å². The number of carbonyl (C=O) groups excluding carboxylic acids is 1. The quantitative estimate of drug-likeness (QED) is 0.0267. The van der Waals surface area contributed by atoms with E-state index in [1.54, 1.807) is 18.2 Å². The second kappa shape index (κ2) is 44.6. The highest BCUT2D eigenvalue weighted by Gasteiger charge is 2.16. The van der Waals surface area contributed by atoms with Crippen LogP contribution in [0.5, 0.6) is 57.5 Å². The van der Waals surface area contributed by atoms with E-state index in [9.17, 15) is 4.79 Å². The van der Waals surface area contributed by atoms with Gasteiger partial charge in [0, 0.05) is 6.07 Å². The number of carbonyl (C=O) groups is 1. The topological polar surface area (TPSA) is 119 Å². The van der Waals surface area contributed by atoms with Crippen molar-refractivity contribution < 1.29 is 56.9 Å². The number of hydrogen-bond acceptors (Lipinski definition) is 12. The largest absolute Gasteiger partial charge is 0.494 e. The van der Waals surface area contributed by atoms with E-state index in [0.717, 1.165) is 82.1 Å². The number of esters is 1. The maximum atomic E-state index is 13.2. The van der Waals surface area contributed by atoms with Gasteiger partial charge in [0.15, 0.2) is 23.0 Å². The average Bonchev–Trinajstić information content (AvgIpc) is 1.25. The second-order valence-corrected chi connectivity index (χ2v) is 24.5. The number of benzene rings is 7. The van der Waals surface area contributed by atoms with Gasteiger partial charge in [-0.15, -0.1) is 0 Å². The normalized spacial score (nSPS) is 11.0. The minimum Gasteiger partial charge on any atom is -0.494 e. The van der Waals surface area contributed by atoms with Gasteiger partial charge < -0.3 is 52.1 Å². The summed E-state index contributed by atoms with van der Waals surface area (Å²) in [6, 6.07) is 49.0. The zero-order chi connectivity index (χ0) is 65.9. The summed E-state index contributed by atoms with van der Waals surface area (Å²) in [5.74, 6) is 6.03. The maximum absolute atomic E-state index is 13.2. The highest BCUT2D eigenvalue weighted by molar-refractivity contribution is 5.90. The molecule has 12 heteroatoms. The maximum Gasteiger partial charge on any atom is 0.338 e. The van der Waals surface area contributed by atoms with Gasteiger partial charge in [-0.2, -0.15) is 0 Å². The van der Waals surface area contributed by atoms with E-state index in [-0.39, 0.29) is 18.8 Å². The Kier molecular flexibility index (Phi) is 34.8. The molecule has 0 aliphatic carbocycles. The zero-order valence-electron chi connectivity index (χ0n) is 57.4. The molecule has 7 aromatic rings. The molecular weight excluding hydrogens is 1180 g/mol. The smallest absolute Gasteiger partial charge is 0.338 e. The molecular formula is C82H108O12. The Morgan fingerprint density at radius 1 is 0.245 bits per heavy atom. The second-order valence-electron chi connectivity index (χ2n) is 24.5. The molecule has 0 bridgehead atoms. The Morgan fingerprint density at radius 2 is 0.500 bits per heavy atom. The van der Waals surface area contributed by atoms with Gasteiger partial charge in [-0.25, -0.2) is 4.79 Å². The number of hydrogen-bond donors (Lipinski definition) is 0. The minimum atomic E-state index is -0.523. The van der Waals surface area contributed by atoms with Crippen molar-refractivity contribution in [3.05, 3.63) is 191 Å². The van der Waals surface area contributed by atoms with Crippen molar-refractivity contribution in [2.75, 3.05) is 33.5 Å². The van der Waals surface area contributed by atoms with Crippen LogP contribution in [0.2, 0.25) is 0 Å². The van der Waals surface area contributed by atoms with E-state index < -0.39 is 5.97 Å². The molecule has 0 saturated heterocycles. The van der Waals surface area contributed by atoms with Gasteiger partial charge in [-0.3, -0.25) is 0 Å². The molecule has 94 heavy (non-hydrogen) atoms. The Hall–Kier alpha value is -7.99. The summed E-state index contributed by atoms with van der Waals surface area (Å²) in [4.78, 5) is 13.2. The molecule has 7 rings (SSSR count). The number of methoxy groups -OCH3 is 1. The van der Waals surface area contributed by atoms with Gasteiger partial charge in [0.1, 0.15) is 74.1 Å². The monoisotopic (exact) mass is 1280 g/mol. The van der Waals surface area contributed by atoms with Crippen LogP contribution in [0.1, 0.15) is 226 Å². The van der Waals surface area contributed by atoms with E-state index in [1.807, 2.05) is 133 Å². The van der Waals surface area contributed by atoms with Crippen LogP contribution >= 0.6 is 0 Å². The molecule has 0 atom stereocenters. The van der Waals surface area contributed by atoms with Crippen molar-refractivity contribution in [1.29, 1.82) is 0 Å². The highest BCUT2D eigenvalue weighted by Crippen LogP contribution is 2.35. The van der Waals surface area contributed by atoms with E-state index in [4.69, 9.17) is 52.1 Å². The van der Waals surface area contributed by atoms with Gasteiger partial charge in [0.2, 0.25) is 0 Å². The molecule has 12 nitrogen and oxygen atoms in total. The van der Waals surface area contributed by atoms with Crippen LogP contribution in [0.4, 0.5) is 0 Å². The molecule has 0 spiro atoms. The van der Waals surface area contributed by atoms with Crippen LogP contribution in [0.15, 0.2) is 152 Å². The van der Waals surface area contributed by atoms with E-state index >= 15 is 0 Å². The third-order valence-corrected chi connectivity index (χ3v) is 16.5. The van der Waals surface area contributed by atoms with Crippen LogP contribution in [-0.4, -0.2) is 39.5 Å². The summed E-state index contributed by atoms with van der Waals surface area (Å²) in [5.41, 5.74) is 5.92. The molecule has 508 valence electrons. The Bertz CT molecular complexity index is 2940. The Morgan fingerprint density at radius 3 is 0.787 bits per heavy atom. The molecule has 0 aliphatic heterocycles. The van der Waals surface area contributed by atoms with Crippen LogP contribution in [-0.2, 0) is 44.4 Å². The van der Waals surface area contributed by atoms with E-state index in [1.165, 1.54) is 136 Å². The van der Waals surface area contributed by atoms with E-state index in [0.29, 0.717) is 87.4 Å². The van der Waals surface area contributed by atoms with Gasteiger partial charge >= 0.3 is 5.97 Å². The number of ether oxygens (including phenoxy) is 11. The van der Waals surface area contributed by atoms with E-state index in [2.05, 4.69) is 27.7 Å². The summed E-state index contributed by atoms with van der Waals surface area (Å²) in [6.45, 7) is 13.4. The lowest BCUT2D eigenvalue weighted by atomic mass is 10.1. The predicted octanol–water partition coefficient (Wildman–Crippen LogP) is 21.9. The molecule has 0 amide bonds. The first-order valence-corrected chi connectivity index (χ1v) is 35.4. The lowest BCUT2D eigenvalue weighted by Crippen LogP contribution is -2.05. The average molecular weight is 1290 g/mol. The Labute approximate surface area is 563 Å². The SMILES string of the molecule is CCCCCCCCOc1ccc(COc2ccc(COc3cc(OCc4ccc(OCc5ccc(OCCCCCCCC)cc5)c(OCc5ccc(OCCCCCCCC)cc5)c4)cc(C(=O)OC)c3)cc2OCc2ccc(OCCCCCCCC)cc2)cc1. The first kappa shape index (κ1) is 73.4. The van der Waals surface area contributed by atoms with Crippen LogP contribution in [0.25, 0.3) is 0 Å². The number of rotatable bonds is 51. The standard InChI is InChI=1S/C82H108O12/c1-6-10-14-18-22-26-50-85-72-40-30-65(31-41-72)59-91-78-48-38-69(54-80(78)93-61-67-34-44-74(45-35-67)87-52-28-24-20-16-12-8-3)63-89-76-56-71(82(83)84-5)57-77(58-76)90-64-70-39-49-79(92-60-66-32-42-73(43-33-66)86-51-27-23-19-15-11-7-2)81(55-70)94-62-68-36-46-75(47-37-68)88-53-29-25-21-17-13-9-4/h30-49,54-58H,6-29,50-53,59-64H2,1-5H3. The lowest BCUT2D eigenvalue weighted by molar-refractivity contribution is 0.0599. The molecule has 0 aromatic heterocycles. The summed E-state index contributed by atoms with van der Waals surface area (Å²) < 4.78 is 68.4. The minimum absolute atomic E-state index is 0.153. The summed E-state index contributed by atoms with van der Waals surface area (Å²) >= 11 is 0. The van der Waals surface area contributed by atoms with Crippen molar-refractivity contribution in [1.82, 2.24) is 0 Å². The molecule has 0 aliphatic rings. The van der Waals surface area contributed by atoms with Gasteiger partial charge in [0.25, 0.3) is 0 Å². The highest BCUT2D eigenvalue weighted by atomic mass is 16.5. The fraction of sp³-hybridized carbons (Fsp3) is 0.476. The summed E-state index contributed by atoms with van der Waals surface area (Å²) in [7, 11) is 1.36. The third-order valence-electron chi connectivity index (χ3n) is 16.5. The summed E-state index contributed by atoms with van der Waals surface area (Å²) in [6.07, 6.45) is 29.2. The van der Waals surface area contributed by atoms with Gasteiger partial charge in [0.05, 0.1) is 39.1 Å². The van der Waals surface area contributed by atoms with Crippen molar-refractivity contribution in [3.63, 3.8) is 0 Å². The number of unbranched alkanes of at least 4 members (excludes halogenated alkanes) is 20. The molecule has 7 aromatic carbocycles. The third kappa shape index (κ3) is 28.7. The zero-order valence-corrected chi connectivity index (χ0v) is 57.4. The Balaban J connectivity index is 1.01. The molecule has 0 fully saturated rings. The fourth-order valence-electron chi connectivity index (χ4n) is 10.7. The molecule has 0 N–H and O–H groups in total. The van der Waals surface area contributed by atoms with Crippen LogP contribution in [0.3, 0.4) is 0 Å². The van der Waals surface area contributed by atoms with Crippen molar-refractivity contribution in [3.8, 4) is 57.5 Å². The van der Waals surface area contributed by atoms with Crippen molar-refractivity contribution >= 4 is 5.97 Å². The first-order valence-electron chi connectivity index (χ1n) is 35.4. The van der Waals surface area contributed by atoms with Crippen LogP contribution in [0, 0.1) is 0 Å². The molecule has 0 unspecified atom stereocenters. The molecule has 0 heterocycles. The van der Waals surface area contributed by atoms with Crippen molar-refractivity contribution in [2.24, 2.45) is 0 Å². The predicted molar refractivity (Wildman–Crippen MR) is 378 cm³/mol. The lowest BCUT2D eigenvalue weighted by Gasteiger charge is -2.16. The van der Waals surface area contributed by atoms with Crippen molar-refractivity contribution in [2.45, 2.75) is 221 Å². The first-order chi connectivity index (χ1) is 46.3. The summed E-state index contributed by atoms with van der Waals surface area (Å²) in [5, 5.41) is 0.